The van der Waals surface area contributed by atoms with Crippen molar-refractivity contribution in [2.75, 3.05) is 19.5 Å². The number of anilines is 1. The fourth-order valence-electron chi connectivity index (χ4n) is 1.74. The van der Waals surface area contributed by atoms with Crippen LogP contribution in [-0.4, -0.2) is 26.2 Å². The minimum atomic E-state index is -0.521. The molecule has 0 saturated heterocycles. The third-order valence-corrected chi connectivity index (χ3v) is 2.73. The number of carbonyl (C=O) groups excluding carboxylic acids is 1. The summed E-state index contributed by atoms with van der Waals surface area (Å²) in [5, 5.41) is 2.77. The van der Waals surface area contributed by atoms with Crippen molar-refractivity contribution in [3.8, 4) is 11.5 Å². The third kappa shape index (κ3) is 4.44. The second-order valence-electron chi connectivity index (χ2n) is 4.79. The van der Waals surface area contributed by atoms with Gasteiger partial charge in [0.1, 0.15) is 11.5 Å². The standard InChI is InChI=1S/C14H22N2O3/c1-9(2)7-11(15)14(17)16-12-6-5-10(18-3)8-13(12)19-4/h5-6,8-9,11H,7,15H2,1-4H3,(H,16,17). The summed E-state index contributed by atoms with van der Waals surface area (Å²) in [7, 11) is 3.12. The summed E-state index contributed by atoms with van der Waals surface area (Å²) >= 11 is 0. The summed E-state index contributed by atoms with van der Waals surface area (Å²) in [5.41, 5.74) is 6.43. The van der Waals surface area contributed by atoms with Crippen molar-refractivity contribution in [3.05, 3.63) is 18.2 Å². The molecule has 0 heterocycles. The van der Waals surface area contributed by atoms with E-state index in [1.54, 1.807) is 32.4 Å². The van der Waals surface area contributed by atoms with Gasteiger partial charge in [-0.25, -0.2) is 0 Å². The lowest BCUT2D eigenvalue weighted by Gasteiger charge is -2.16. The van der Waals surface area contributed by atoms with E-state index in [9.17, 15) is 4.79 Å². The number of carbonyl (C=O) groups is 1. The molecule has 0 bridgehead atoms. The van der Waals surface area contributed by atoms with Crippen LogP contribution in [-0.2, 0) is 4.79 Å². The molecule has 0 aliphatic heterocycles. The van der Waals surface area contributed by atoms with Gasteiger partial charge in [-0.2, -0.15) is 0 Å². The van der Waals surface area contributed by atoms with Crippen molar-refractivity contribution in [3.63, 3.8) is 0 Å². The van der Waals surface area contributed by atoms with Gasteiger partial charge in [0.15, 0.2) is 0 Å². The number of nitrogens with two attached hydrogens (primary N) is 1. The van der Waals surface area contributed by atoms with Crippen molar-refractivity contribution in [1.29, 1.82) is 0 Å². The zero-order valence-corrected chi connectivity index (χ0v) is 11.9. The second kappa shape index (κ2) is 6.99. The quantitative estimate of drug-likeness (QED) is 0.826. The largest absolute Gasteiger partial charge is 0.497 e. The van der Waals surface area contributed by atoms with Gasteiger partial charge in [0.25, 0.3) is 0 Å². The van der Waals surface area contributed by atoms with Crippen LogP contribution in [0.15, 0.2) is 18.2 Å². The van der Waals surface area contributed by atoms with E-state index in [2.05, 4.69) is 5.32 Å². The number of benzene rings is 1. The van der Waals surface area contributed by atoms with Gasteiger partial charge < -0.3 is 20.5 Å². The molecule has 0 spiro atoms. The highest BCUT2D eigenvalue weighted by atomic mass is 16.5. The molecule has 19 heavy (non-hydrogen) atoms. The normalized spacial score (nSPS) is 12.1. The van der Waals surface area contributed by atoms with Crippen LogP contribution >= 0.6 is 0 Å². The Hall–Kier alpha value is -1.75. The molecule has 1 aromatic carbocycles. The van der Waals surface area contributed by atoms with E-state index in [-0.39, 0.29) is 5.91 Å². The molecule has 0 aromatic heterocycles. The first-order valence-corrected chi connectivity index (χ1v) is 6.26. The average Bonchev–Trinajstić information content (AvgIpc) is 2.38. The summed E-state index contributed by atoms with van der Waals surface area (Å²) in [6, 6.07) is 4.68. The fourth-order valence-corrected chi connectivity index (χ4v) is 1.74. The predicted octanol–water partition coefficient (Wildman–Crippen LogP) is 2.02. The van der Waals surface area contributed by atoms with E-state index in [1.165, 1.54) is 0 Å². The maximum Gasteiger partial charge on any atom is 0.241 e. The van der Waals surface area contributed by atoms with E-state index < -0.39 is 6.04 Å². The van der Waals surface area contributed by atoms with Crippen LogP contribution in [0.4, 0.5) is 5.69 Å². The molecule has 106 valence electrons. The van der Waals surface area contributed by atoms with Crippen LogP contribution in [0.1, 0.15) is 20.3 Å². The van der Waals surface area contributed by atoms with Gasteiger partial charge in [-0.05, 0) is 24.5 Å². The van der Waals surface area contributed by atoms with Gasteiger partial charge in [-0.3, -0.25) is 4.79 Å². The van der Waals surface area contributed by atoms with E-state index in [0.717, 1.165) is 0 Å². The molecule has 1 atom stereocenters. The number of rotatable bonds is 6. The van der Waals surface area contributed by atoms with Crippen molar-refractivity contribution in [2.24, 2.45) is 11.7 Å². The Balaban J connectivity index is 2.78. The van der Waals surface area contributed by atoms with Crippen LogP contribution < -0.4 is 20.5 Å². The average molecular weight is 266 g/mol. The first-order chi connectivity index (χ1) is 8.97. The molecule has 0 aliphatic carbocycles. The highest BCUT2D eigenvalue weighted by molar-refractivity contribution is 5.96. The number of methoxy groups -OCH3 is 2. The summed E-state index contributed by atoms with van der Waals surface area (Å²) in [5.74, 6) is 1.38. The van der Waals surface area contributed by atoms with Crippen LogP contribution in [0.25, 0.3) is 0 Å². The maximum absolute atomic E-state index is 11.9. The lowest BCUT2D eigenvalue weighted by atomic mass is 10.0. The van der Waals surface area contributed by atoms with Crippen molar-refractivity contribution < 1.29 is 14.3 Å². The van der Waals surface area contributed by atoms with E-state index in [4.69, 9.17) is 15.2 Å². The molecule has 5 nitrogen and oxygen atoms in total. The van der Waals surface area contributed by atoms with Crippen LogP contribution in [0.2, 0.25) is 0 Å². The molecular formula is C14H22N2O3. The van der Waals surface area contributed by atoms with Crippen molar-refractivity contribution in [2.45, 2.75) is 26.3 Å². The van der Waals surface area contributed by atoms with Gasteiger partial charge >= 0.3 is 0 Å². The fraction of sp³-hybridized carbons (Fsp3) is 0.500. The number of hydrogen-bond acceptors (Lipinski definition) is 4. The van der Waals surface area contributed by atoms with Crippen molar-refractivity contribution >= 4 is 11.6 Å². The zero-order chi connectivity index (χ0) is 14.4. The lowest BCUT2D eigenvalue weighted by molar-refractivity contribution is -0.117. The monoisotopic (exact) mass is 266 g/mol. The summed E-state index contributed by atoms with van der Waals surface area (Å²) in [6.07, 6.45) is 0.643. The second-order valence-corrected chi connectivity index (χ2v) is 4.79. The smallest absolute Gasteiger partial charge is 0.241 e. The SMILES string of the molecule is COc1ccc(NC(=O)C(N)CC(C)C)c(OC)c1. The first-order valence-electron chi connectivity index (χ1n) is 6.26. The Bertz CT molecular complexity index is 433. The molecule has 1 aromatic rings. The van der Waals surface area contributed by atoms with E-state index in [0.29, 0.717) is 29.5 Å². The molecule has 5 heteroatoms. The van der Waals surface area contributed by atoms with Crippen LogP contribution in [0.5, 0.6) is 11.5 Å². The van der Waals surface area contributed by atoms with Gasteiger partial charge in [-0.15, -0.1) is 0 Å². The Labute approximate surface area is 114 Å². The molecular weight excluding hydrogens is 244 g/mol. The zero-order valence-electron chi connectivity index (χ0n) is 11.9. The van der Waals surface area contributed by atoms with E-state index >= 15 is 0 Å². The molecule has 0 fully saturated rings. The van der Waals surface area contributed by atoms with Crippen LogP contribution in [0, 0.1) is 5.92 Å². The summed E-state index contributed by atoms with van der Waals surface area (Å²) in [6.45, 7) is 4.06. The van der Waals surface area contributed by atoms with Gasteiger partial charge in [0, 0.05) is 6.07 Å². The summed E-state index contributed by atoms with van der Waals surface area (Å²) in [4.78, 5) is 11.9. The third-order valence-electron chi connectivity index (χ3n) is 2.73. The predicted molar refractivity (Wildman–Crippen MR) is 75.6 cm³/mol. The Morgan fingerprint density at radius 2 is 2.00 bits per heavy atom. The molecule has 1 amide bonds. The first kappa shape index (κ1) is 15.3. The number of nitrogens with one attached hydrogen (secondary N) is 1. The highest BCUT2D eigenvalue weighted by Gasteiger charge is 2.16. The molecule has 0 saturated carbocycles. The summed E-state index contributed by atoms with van der Waals surface area (Å²) < 4.78 is 10.3. The van der Waals surface area contributed by atoms with E-state index in [1.807, 2.05) is 13.8 Å². The lowest BCUT2D eigenvalue weighted by Crippen LogP contribution is -2.36. The Morgan fingerprint density at radius 3 is 2.53 bits per heavy atom. The minimum absolute atomic E-state index is 0.211. The molecule has 0 radical (unpaired) electrons. The molecule has 0 aliphatic rings. The topological polar surface area (TPSA) is 73.6 Å². The maximum atomic E-state index is 11.9. The van der Waals surface area contributed by atoms with Gasteiger partial charge in [0.05, 0.1) is 25.9 Å². The van der Waals surface area contributed by atoms with Gasteiger partial charge in [-0.1, -0.05) is 13.8 Å². The molecule has 3 N–H and O–H groups in total. The Kier molecular flexibility index (Phi) is 5.63. The molecule has 1 unspecified atom stereocenters. The Morgan fingerprint density at radius 1 is 1.32 bits per heavy atom. The van der Waals surface area contributed by atoms with Crippen LogP contribution in [0.3, 0.4) is 0 Å². The number of amides is 1. The highest BCUT2D eigenvalue weighted by Crippen LogP contribution is 2.29. The number of hydrogen-bond donors (Lipinski definition) is 2. The molecule has 1 rings (SSSR count). The van der Waals surface area contributed by atoms with Gasteiger partial charge in [0.2, 0.25) is 5.91 Å². The number of ether oxygens (including phenoxy) is 2. The minimum Gasteiger partial charge on any atom is -0.497 e. The van der Waals surface area contributed by atoms with Crippen molar-refractivity contribution in [1.82, 2.24) is 0 Å².